The molecule has 1 aromatic rings. The van der Waals surface area contributed by atoms with Crippen LogP contribution in [0.1, 0.15) is 19.3 Å². The molecule has 0 radical (unpaired) electrons. The third-order valence-electron chi connectivity index (χ3n) is 3.61. The molecule has 0 spiro atoms. The van der Waals surface area contributed by atoms with E-state index < -0.39 is 10.0 Å². The van der Waals surface area contributed by atoms with Crippen LogP contribution in [0, 0.1) is 0 Å². The van der Waals surface area contributed by atoms with Gasteiger partial charge in [0.2, 0.25) is 10.0 Å². The molecule has 5 nitrogen and oxygen atoms in total. The molecule has 0 aromatic heterocycles. The topological polar surface area (TPSA) is 72.6 Å². The highest BCUT2D eigenvalue weighted by Gasteiger charge is 2.35. The lowest BCUT2D eigenvalue weighted by atomic mass is 10.1. The Morgan fingerprint density at radius 3 is 2.73 bits per heavy atom. The quantitative estimate of drug-likeness (QED) is 0.791. The summed E-state index contributed by atoms with van der Waals surface area (Å²) in [5, 5.41) is 0.336. The molecular weight excluding hydrogens is 415 g/mol. The number of sulfonamides is 1. The molecular formula is C13H19BrCl2N2O3S. The summed E-state index contributed by atoms with van der Waals surface area (Å²) >= 11 is 9.29. The van der Waals surface area contributed by atoms with Crippen LogP contribution < -0.4 is 10.5 Å². The molecule has 0 aliphatic carbocycles. The lowest BCUT2D eigenvalue weighted by Crippen LogP contribution is -2.47. The van der Waals surface area contributed by atoms with Gasteiger partial charge in [0.1, 0.15) is 4.90 Å². The van der Waals surface area contributed by atoms with Gasteiger partial charge < -0.3 is 10.5 Å². The fourth-order valence-corrected chi connectivity index (χ4v) is 5.66. The van der Waals surface area contributed by atoms with Gasteiger partial charge >= 0.3 is 0 Å². The second kappa shape index (κ2) is 8.17. The lowest BCUT2D eigenvalue weighted by Gasteiger charge is -2.34. The van der Waals surface area contributed by atoms with E-state index in [0.29, 0.717) is 22.6 Å². The van der Waals surface area contributed by atoms with Crippen LogP contribution in [-0.4, -0.2) is 39.0 Å². The van der Waals surface area contributed by atoms with Gasteiger partial charge in [0.05, 0.1) is 11.6 Å². The van der Waals surface area contributed by atoms with E-state index in [0.717, 1.165) is 19.3 Å². The Hall–Kier alpha value is -0.0500. The molecule has 22 heavy (non-hydrogen) atoms. The number of nitrogens with two attached hydrogens (primary N) is 1. The minimum Gasteiger partial charge on any atom is -0.494 e. The second-order valence-electron chi connectivity index (χ2n) is 4.92. The first-order valence-corrected chi connectivity index (χ1v) is 9.28. The number of piperidine rings is 1. The molecule has 126 valence electrons. The molecule has 1 aliphatic rings. The van der Waals surface area contributed by atoms with E-state index in [-0.39, 0.29) is 29.1 Å². The van der Waals surface area contributed by atoms with Gasteiger partial charge in [-0.3, -0.25) is 0 Å². The molecule has 1 aliphatic heterocycles. The second-order valence-corrected chi connectivity index (χ2v) is 8.07. The maximum atomic E-state index is 13.0. The number of rotatable bonds is 4. The van der Waals surface area contributed by atoms with E-state index in [2.05, 4.69) is 15.9 Å². The van der Waals surface area contributed by atoms with Crippen molar-refractivity contribution in [2.75, 3.05) is 20.2 Å². The Morgan fingerprint density at radius 2 is 2.14 bits per heavy atom. The van der Waals surface area contributed by atoms with Crippen molar-refractivity contribution < 1.29 is 13.2 Å². The summed E-state index contributed by atoms with van der Waals surface area (Å²) in [7, 11) is -2.26. The van der Waals surface area contributed by atoms with Crippen LogP contribution in [0.5, 0.6) is 5.75 Å². The molecule has 0 saturated carbocycles. The standard InChI is InChI=1S/C13H18BrClN2O3S.ClH/c1-20-13-11(14)6-9(15)7-12(13)21(18,19)17-5-3-2-4-10(17)8-16;/h6-7,10H,2-5,8,16H2,1H3;1H. The third-order valence-corrected chi connectivity index (χ3v) is 6.37. The van der Waals surface area contributed by atoms with Gasteiger partial charge in [-0.1, -0.05) is 18.0 Å². The summed E-state index contributed by atoms with van der Waals surface area (Å²) in [6, 6.07) is 2.85. The number of benzene rings is 1. The average Bonchev–Trinajstić information content (AvgIpc) is 2.46. The van der Waals surface area contributed by atoms with Gasteiger partial charge in [-0.2, -0.15) is 4.31 Å². The van der Waals surface area contributed by atoms with E-state index in [1.807, 2.05) is 0 Å². The van der Waals surface area contributed by atoms with Crippen molar-refractivity contribution in [3.8, 4) is 5.75 Å². The van der Waals surface area contributed by atoms with Crippen molar-refractivity contribution >= 4 is 50.0 Å². The van der Waals surface area contributed by atoms with E-state index in [9.17, 15) is 8.42 Å². The van der Waals surface area contributed by atoms with E-state index in [4.69, 9.17) is 22.1 Å². The van der Waals surface area contributed by atoms with Crippen molar-refractivity contribution in [2.24, 2.45) is 5.73 Å². The van der Waals surface area contributed by atoms with Crippen molar-refractivity contribution in [3.63, 3.8) is 0 Å². The Labute approximate surface area is 150 Å². The smallest absolute Gasteiger partial charge is 0.247 e. The summed E-state index contributed by atoms with van der Waals surface area (Å²) < 4.78 is 33.1. The Balaban J connectivity index is 0.00000242. The number of halogens is 3. The Morgan fingerprint density at radius 1 is 1.45 bits per heavy atom. The zero-order chi connectivity index (χ0) is 15.6. The van der Waals surface area contributed by atoms with Crippen LogP contribution >= 0.6 is 39.9 Å². The first kappa shape index (κ1) is 20.0. The zero-order valence-electron chi connectivity index (χ0n) is 12.1. The third kappa shape index (κ3) is 3.88. The van der Waals surface area contributed by atoms with Gasteiger partial charge in [-0.05, 0) is 40.9 Å². The van der Waals surface area contributed by atoms with E-state index >= 15 is 0 Å². The van der Waals surface area contributed by atoms with Gasteiger partial charge in [-0.15, -0.1) is 12.4 Å². The molecule has 1 fully saturated rings. The summed E-state index contributed by atoms with van der Waals surface area (Å²) in [4.78, 5) is 0.0738. The molecule has 2 N–H and O–H groups in total. The van der Waals surface area contributed by atoms with Gasteiger partial charge in [0.25, 0.3) is 0 Å². The van der Waals surface area contributed by atoms with Crippen LogP contribution in [0.15, 0.2) is 21.5 Å². The first-order chi connectivity index (χ1) is 9.91. The molecule has 1 heterocycles. The molecule has 1 aromatic carbocycles. The van der Waals surface area contributed by atoms with Crippen molar-refractivity contribution in [1.29, 1.82) is 0 Å². The molecule has 1 unspecified atom stereocenters. The minimum absolute atomic E-state index is 0. The Bertz CT molecular complexity index is 628. The monoisotopic (exact) mass is 432 g/mol. The van der Waals surface area contributed by atoms with Crippen LogP contribution in [0.3, 0.4) is 0 Å². The van der Waals surface area contributed by atoms with Crippen LogP contribution in [0.2, 0.25) is 5.02 Å². The predicted octanol–water partition coefficient (Wildman–Crippen LogP) is 3.03. The predicted molar refractivity (Wildman–Crippen MR) is 93.5 cm³/mol. The molecule has 1 saturated heterocycles. The Kier molecular flexibility index (Phi) is 7.42. The first-order valence-electron chi connectivity index (χ1n) is 6.66. The number of hydrogen-bond donors (Lipinski definition) is 1. The summed E-state index contributed by atoms with van der Waals surface area (Å²) in [6.45, 7) is 0.779. The zero-order valence-corrected chi connectivity index (χ0v) is 16.1. The molecule has 0 bridgehead atoms. The molecule has 9 heteroatoms. The number of methoxy groups -OCH3 is 1. The SMILES string of the molecule is COc1c(Br)cc(Cl)cc1S(=O)(=O)N1CCCCC1CN.Cl. The van der Waals surface area contributed by atoms with E-state index in [1.165, 1.54) is 17.5 Å². The number of hydrogen-bond acceptors (Lipinski definition) is 4. The van der Waals surface area contributed by atoms with E-state index in [1.54, 1.807) is 6.07 Å². The van der Waals surface area contributed by atoms with Crippen LogP contribution in [-0.2, 0) is 10.0 Å². The maximum absolute atomic E-state index is 13.0. The number of nitrogens with zero attached hydrogens (tertiary/aromatic N) is 1. The minimum atomic E-state index is -3.70. The highest BCUT2D eigenvalue weighted by Crippen LogP contribution is 2.38. The fraction of sp³-hybridized carbons (Fsp3) is 0.538. The summed E-state index contributed by atoms with van der Waals surface area (Å²) in [5.74, 6) is 0.265. The highest BCUT2D eigenvalue weighted by atomic mass is 79.9. The van der Waals surface area contributed by atoms with Crippen molar-refractivity contribution in [1.82, 2.24) is 4.31 Å². The van der Waals surface area contributed by atoms with Gasteiger partial charge in [0.15, 0.2) is 5.75 Å². The van der Waals surface area contributed by atoms with Crippen molar-refractivity contribution in [2.45, 2.75) is 30.2 Å². The molecule has 0 amide bonds. The van der Waals surface area contributed by atoms with Crippen LogP contribution in [0.25, 0.3) is 0 Å². The largest absolute Gasteiger partial charge is 0.494 e. The van der Waals surface area contributed by atoms with Crippen molar-refractivity contribution in [3.05, 3.63) is 21.6 Å². The molecule has 2 rings (SSSR count). The van der Waals surface area contributed by atoms with Gasteiger partial charge in [-0.25, -0.2) is 8.42 Å². The summed E-state index contributed by atoms with van der Waals surface area (Å²) in [6.07, 6.45) is 2.60. The van der Waals surface area contributed by atoms with Gasteiger partial charge in [0, 0.05) is 24.2 Å². The highest BCUT2D eigenvalue weighted by molar-refractivity contribution is 9.10. The summed E-state index contributed by atoms with van der Waals surface area (Å²) in [5.41, 5.74) is 5.73. The number of ether oxygens (including phenoxy) is 1. The average molecular weight is 434 g/mol. The maximum Gasteiger partial charge on any atom is 0.247 e. The lowest BCUT2D eigenvalue weighted by molar-refractivity contribution is 0.256. The molecule has 1 atom stereocenters. The van der Waals surface area contributed by atoms with Crippen LogP contribution in [0.4, 0.5) is 0 Å². The fourth-order valence-electron chi connectivity index (χ4n) is 2.58. The normalized spacial score (nSPS) is 19.5.